The molecule has 2 N–H and O–H groups in total. The molecule has 0 fully saturated rings. The van der Waals surface area contributed by atoms with Gasteiger partial charge in [-0.1, -0.05) is 62.3 Å². The van der Waals surface area contributed by atoms with Crippen LogP contribution in [0.3, 0.4) is 0 Å². The van der Waals surface area contributed by atoms with E-state index in [-0.39, 0.29) is 41.9 Å². The van der Waals surface area contributed by atoms with Crippen LogP contribution >= 0.6 is 0 Å². The monoisotopic (exact) mass is 669 g/mol. The van der Waals surface area contributed by atoms with Crippen molar-refractivity contribution in [2.75, 3.05) is 32.9 Å². The highest BCUT2D eigenvalue weighted by Gasteiger charge is 2.37. The molecule has 260 valence electrons. The number of hydrogen-bond acceptors (Lipinski definition) is 7. The number of anilines is 1. The predicted molar refractivity (Wildman–Crippen MR) is 188 cm³/mol. The lowest BCUT2D eigenvalue weighted by atomic mass is 9.85. The van der Waals surface area contributed by atoms with Crippen LogP contribution in [0.2, 0.25) is 26.2 Å². The summed E-state index contributed by atoms with van der Waals surface area (Å²) in [6.45, 7) is 27.7. The van der Waals surface area contributed by atoms with Crippen molar-refractivity contribution in [3.63, 3.8) is 0 Å². The molecule has 45 heavy (non-hydrogen) atoms. The average molecular weight is 670 g/mol. The summed E-state index contributed by atoms with van der Waals surface area (Å²) in [6.07, 6.45) is 0.631. The fraction of sp³-hybridized carbons (Fsp3) is 0.758. The Balaban J connectivity index is 3.30. The average Bonchev–Trinajstić information content (AvgIpc) is 2.84. The number of methoxy groups -OCH3 is 2. The van der Waals surface area contributed by atoms with Gasteiger partial charge in [-0.3, -0.25) is 9.69 Å². The normalized spacial score (nSPS) is 13.9. The molecule has 0 saturated heterocycles. The molecule has 2 atom stereocenters. The van der Waals surface area contributed by atoms with Crippen molar-refractivity contribution in [1.82, 2.24) is 10.2 Å². The molecule has 1 aromatic rings. The Kier molecular flexibility index (Phi) is 16.1. The Hall–Kier alpha value is -2.13. The van der Waals surface area contributed by atoms with E-state index in [9.17, 15) is 9.59 Å². The Morgan fingerprint density at radius 2 is 1.36 bits per heavy atom. The van der Waals surface area contributed by atoms with Gasteiger partial charge in [0.2, 0.25) is 5.91 Å². The molecule has 0 aromatic heterocycles. The first-order valence-corrected chi connectivity index (χ1v) is 21.6. The molecule has 0 aliphatic heterocycles. The van der Waals surface area contributed by atoms with Gasteiger partial charge in [-0.2, -0.15) is 0 Å². The summed E-state index contributed by atoms with van der Waals surface area (Å²) in [5.74, 6) is 0.981. The number of carbonyl (C=O) groups is 2. The number of nitrogens with zero attached hydrogens (tertiary/aromatic N) is 1. The van der Waals surface area contributed by atoms with E-state index in [0.717, 1.165) is 5.56 Å². The summed E-state index contributed by atoms with van der Waals surface area (Å²) in [7, 11) is 0.0920. The van der Waals surface area contributed by atoms with E-state index in [1.54, 1.807) is 20.3 Å². The van der Waals surface area contributed by atoms with Gasteiger partial charge >= 0.3 is 6.03 Å². The van der Waals surface area contributed by atoms with Crippen molar-refractivity contribution in [2.45, 2.75) is 126 Å². The number of rotatable bonds is 16. The second-order valence-electron chi connectivity index (χ2n) is 15.6. The number of ether oxygens (including phenoxy) is 3. The van der Waals surface area contributed by atoms with Gasteiger partial charge in [0.15, 0.2) is 24.9 Å². The van der Waals surface area contributed by atoms with E-state index in [0.29, 0.717) is 30.0 Å². The molecule has 0 aliphatic carbocycles. The maximum atomic E-state index is 14.1. The summed E-state index contributed by atoms with van der Waals surface area (Å²) in [5, 5.41) is 5.76. The first-order chi connectivity index (χ1) is 20.6. The summed E-state index contributed by atoms with van der Waals surface area (Å²) in [5.41, 5.74) is 0.865. The van der Waals surface area contributed by atoms with E-state index in [1.165, 1.54) is 0 Å². The summed E-state index contributed by atoms with van der Waals surface area (Å²) in [6, 6.07) is 3.15. The lowest BCUT2D eigenvalue weighted by Gasteiger charge is -2.43. The number of urea groups is 1. The second-order valence-corrected chi connectivity index (χ2v) is 20.3. The molecule has 1 rings (SSSR count). The van der Waals surface area contributed by atoms with Crippen LogP contribution in [0, 0.1) is 10.8 Å². The number of hydrogen-bond donors (Lipinski definition) is 2. The highest BCUT2D eigenvalue weighted by molar-refractivity contribution is 6.48. The molecular weight excluding hydrogens is 607 g/mol. The number of amides is 3. The molecule has 0 spiro atoms. The van der Waals surface area contributed by atoms with E-state index in [1.807, 2.05) is 11.0 Å². The smallest absolute Gasteiger partial charge is 0.319 e. The van der Waals surface area contributed by atoms with E-state index in [2.05, 4.69) is 99.1 Å². The lowest BCUT2D eigenvalue weighted by Crippen LogP contribution is -2.54. The summed E-state index contributed by atoms with van der Waals surface area (Å²) < 4.78 is 29.7. The number of nitrogens with one attached hydrogen (secondary N) is 2. The van der Waals surface area contributed by atoms with Crippen LogP contribution < -0.4 is 20.1 Å². The lowest BCUT2D eigenvalue weighted by molar-refractivity contribution is -0.160. The Labute approximate surface area is 276 Å². The first-order valence-electron chi connectivity index (χ1n) is 16.1. The van der Waals surface area contributed by atoms with Crippen LogP contribution in [-0.4, -0.2) is 74.9 Å². The van der Waals surface area contributed by atoms with Gasteiger partial charge in [0.1, 0.15) is 24.0 Å². The molecule has 0 bridgehead atoms. The maximum Gasteiger partial charge on any atom is 0.319 e. The zero-order chi connectivity index (χ0) is 34.8. The second kappa shape index (κ2) is 17.7. The van der Waals surface area contributed by atoms with Crippen LogP contribution in [0.1, 0.15) is 87.1 Å². The third kappa shape index (κ3) is 15.3. The Morgan fingerprint density at radius 1 is 0.844 bits per heavy atom. The Morgan fingerprint density at radius 3 is 1.76 bits per heavy atom. The third-order valence-electron chi connectivity index (χ3n) is 6.64. The van der Waals surface area contributed by atoms with Crippen molar-refractivity contribution in [3.05, 3.63) is 17.7 Å². The quantitative estimate of drug-likeness (QED) is 0.147. The zero-order valence-corrected chi connectivity index (χ0v) is 33.1. The molecule has 10 nitrogen and oxygen atoms in total. The fourth-order valence-corrected chi connectivity index (χ4v) is 6.54. The first kappa shape index (κ1) is 40.9. The van der Waals surface area contributed by atoms with Crippen LogP contribution in [0.5, 0.6) is 11.5 Å². The van der Waals surface area contributed by atoms with Gasteiger partial charge in [0.25, 0.3) is 0 Å². The van der Waals surface area contributed by atoms with Crippen LogP contribution in [0.15, 0.2) is 12.1 Å². The molecule has 0 saturated carbocycles. The summed E-state index contributed by atoms with van der Waals surface area (Å²) in [4.78, 5) is 29.1. The molecule has 3 amide bonds. The largest absolute Gasteiger partial charge is 0.497 e. The fourth-order valence-electron chi connectivity index (χ4n) is 4.83. The predicted octanol–water partition coefficient (Wildman–Crippen LogP) is 6.84. The van der Waals surface area contributed by atoms with Crippen LogP contribution in [0.4, 0.5) is 10.5 Å². The van der Waals surface area contributed by atoms with Gasteiger partial charge in [-0.05, 0) is 61.3 Å². The minimum atomic E-state index is -1.51. The molecule has 0 heterocycles. The standard InChI is InChI=1S/C33H63N3O7Si2/c1-31(2,3)20-27(42-44(12)13)36(28(43-45(14)15)21-32(4,5)6)26(37)16-17-34-30(38)35-25-19-23(40-11)18-24(33(7,8)9)29(25)41-22-39-10/h18-19,27-28,44-45H,16-17,20-22H2,1-15H3,(H2,34,35,38). The molecular formula is C33H63N3O7Si2. The van der Waals surface area contributed by atoms with Crippen LogP contribution in [-0.2, 0) is 23.8 Å². The maximum absolute atomic E-state index is 14.1. The van der Waals surface area contributed by atoms with Gasteiger partial charge in [0.05, 0.1) is 12.8 Å². The molecule has 0 aliphatic rings. The molecule has 0 radical (unpaired) electrons. The molecule has 12 heteroatoms. The van der Waals surface area contributed by atoms with Crippen molar-refractivity contribution < 1.29 is 32.7 Å². The minimum Gasteiger partial charge on any atom is -0.497 e. The van der Waals surface area contributed by atoms with E-state index >= 15 is 0 Å². The van der Waals surface area contributed by atoms with Crippen molar-refractivity contribution >= 4 is 35.7 Å². The van der Waals surface area contributed by atoms with Gasteiger partial charge < -0.3 is 33.7 Å². The third-order valence-corrected chi connectivity index (χ3v) is 8.36. The van der Waals surface area contributed by atoms with Crippen molar-refractivity contribution in [1.29, 1.82) is 0 Å². The van der Waals surface area contributed by atoms with E-state index < -0.39 is 36.6 Å². The summed E-state index contributed by atoms with van der Waals surface area (Å²) >= 11 is 0. The highest BCUT2D eigenvalue weighted by Crippen LogP contribution is 2.40. The number of carbonyl (C=O) groups excluding carboxylic acids is 2. The SMILES string of the molecule is COCOc1c(NC(=O)NCCC(=O)N(C(CC(C)(C)C)O[SiH](C)C)C(CC(C)(C)C)O[SiH](C)C)cc(OC)cc1C(C)(C)C. The highest BCUT2D eigenvalue weighted by atomic mass is 28.3. The minimum absolute atomic E-state index is 0.0180. The van der Waals surface area contributed by atoms with E-state index in [4.69, 9.17) is 23.1 Å². The van der Waals surface area contributed by atoms with Crippen molar-refractivity contribution in [2.24, 2.45) is 10.8 Å². The molecule has 1 aromatic carbocycles. The van der Waals surface area contributed by atoms with Crippen molar-refractivity contribution in [3.8, 4) is 11.5 Å². The number of benzene rings is 1. The molecule has 2 unspecified atom stereocenters. The topological polar surface area (TPSA) is 108 Å². The zero-order valence-electron chi connectivity index (χ0n) is 30.8. The Bertz CT molecular complexity index is 1050. The van der Waals surface area contributed by atoms with Gasteiger partial charge in [-0.25, -0.2) is 4.79 Å². The van der Waals surface area contributed by atoms with Crippen LogP contribution in [0.25, 0.3) is 0 Å². The van der Waals surface area contributed by atoms with Gasteiger partial charge in [0, 0.05) is 31.7 Å². The van der Waals surface area contributed by atoms with Gasteiger partial charge in [-0.15, -0.1) is 0 Å².